The lowest BCUT2D eigenvalue weighted by atomic mass is 10.2. The molecule has 15 heavy (non-hydrogen) atoms. The first-order chi connectivity index (χ1) is 7.31. The van der Waals surface area contributed by atoms with E-state index in [9.17, 15) is 0 Å². The number of rotatable bonds is 4. The number of hydrogen-bond acceptors (Lipinski definition) is 5. The quantitative estimate of drug-likeness (QED) is 0.819. The van der Waals surface area contributed by atoms with Crippen molar-refractivity contribution in [1.82, 2.24) is 15.5 Å². The Kier molecular flexibility index (Phi) is 3.33. The topological polar surface area (TPSA) is 60.2 Å². The van der Waals surface area contributed by atoms with E-state index < -0.39 is 0 Å². The maximum Gasteiger partial charge on any atom is 0.245 e. The van der Waals surface area contributed by atoms with Crippen LogP contribution in [0.15, 0.2) is 4.42 Å². The Labute approximate surface area is 89.2 Å². The lowest BCUT2D eigenvalue weighted by Crippen LogP contribution is -2.17. The third-order valence-electron chi connectivity index (χ3n) is 2.54. The lowest BCUT2D eigenvalue weighted by molar-refractivity contribution is 0.0875. The molecule has 2 unspecified atom stereocenters. The van der Waals surface area contributed by atoms with Gasteiger partial charge >= 0.3 is 0 Å². The normalized spacial score (nSPS) is 23.2. The van der Waals surface area contributed by atoms with Crippen LogP contribution in [0.2, 0.25) is 0 Å². The standard InChI is InChI=1S/C10H17N3O2/c1-3-11-7(2)9-12-13-10(15-9)8-5-4-6-14-8/h7-8,11H,3-6H2,1-2H3. The Bertz CT molecular complexity index is 307. The molecule has 1 saturated heterocycles. The zero-order valence-corrected chi connectivity index (χ0v) is 9.19. The molecule has 2 rings (SSSR count). The summed E-state index contributed by atoms with van der Waals surface area (Å²) in [6.45, 7) is 5.74. The van der Waals surface area contributed by atoms with Gasteiger partial charge in [-0.25, -0.2) is 0 Å². The molecule has 84 valence electrons. The third-order valence-corrected chi connectivity index (χ3v) is 2.54. The van der Waals surface area contributed by atoms with Crippen LogP contribution in [0.3, 0.4) is 0 Å². The fourth-order valence-electron chi connectivity index (χ4n) is 1.72. The molecule has 1 N–H and O–H groups in total. The highest BCUT2D eigenvalue weighted by molar-refractivity contribution is 4.92. The Hall–Kier alpha value is -0.940. The first-order valence-electron chi connectivity index (χ1n) is 5.49. The summed E-state index contributed by atoms with van der Waals surface area (Å²) in [6.07, 6.45) is 2.07. The average molecular weight is 211 g/mol. The maximum absolute atomic E-state index is 5.57. The van der Waals surface area contributed by atoms with Crippen molar-refractivity contribution in [3.8, 4) is 0 Å². The van der Waals surface area contributed by atoms with E-state index >= 15 is 0 Å². The summed E-state index contributed by atoms with van der Waals surface area (Å²) < 4.78 is 11.0. The van der Waals surface area contributed by atoms with Crippen LogP contribution in [0.4, 0.5) is 0 Å². The number of aromatic nitrogens is 2. The molecule has 0 aliphatic carbocycles. The molecule has 0 radical (unpaired) electrons. The predicted molar refractivity (Wildman–Crippen MR) is 54.3 cm³/mol. The van der Waals surface area contributed by atoms with Gasteiger partial charge in [0.2, 0.25) is 11.8 Å². The van der Waals surface area contributed by atoms with Crippen LogP contribution in [0.25, 0.3) is 0 Å². The van der Waals surface area contributed by atoms with Gasteiger partial charge in [-0.3, -0.25) is 0 Å². The summed E-state index contributed by atoms with van der Waals surface area (Å²) in [6, 6.07) is 0.109. The second-order valence-corrected chi connectivity index (χ2v) is 3.76. The van der Waals surface area contributed by atoms with E-state index in [1.807, 2.05) is 13.8 Å². The Morgan fingerprint density at radius 2 is 2.40 bits per heavy atom. The molecule has 1 fully saturated rings. The van der Waals surface area contributed by atoms with Crippen LogP contribution in [0.1, 0.15) is 50.6 Å². The van der Waals surface area contributed by atoms with Crippen molar-refractivity contribution in [2.45, 2.75) is 38.8 Å². The van der Waals surface area contributed by atoms with Gasteiger partial charge in [0.15, 0.2) is 0 Å². The predicted octanol–water partition coefficient (Wildman–Crippen LogP) is 1.59. The first kappa shape index (κ1) is 10.6. The van der Waals surface area contributed by atoms with E-state index in [2.05, 4.69) is 15.5 Å². The molecule has 5 heteroatoms. The van der Waals surface area contributed by atoms with Crippen LogP contribution in [0, 0.1) is 0 Å². The summed E-state index contributed by atoms with van der Waals surface area (Å²) in [5.41, 5.74) is 0. The summed E-state index contributed by atoms with van der Waals surface area (Å²) in [4.78, 5) is 0. The molecular weight excluding hydrogens is 194 g/mol. The van der Waals surface area contributed by atoms with E-state index in [0.29, 0.717) is 11.8 Å². The largest absolute Gasteiger partial charge is 0.421 e. The molecular formula is C10H17N3O2. The zero-order chi connectivity index (χ0) is 10.7. The van der Waals surface area contributed by atoms with Crippen LogP contribution >= 0.6 is 0 Å². The zero-order valence-electron chi connectivity index (χ0n) is 9.19. The number of nitrogens with zero attached hydrogens (tertiary/aromatic N) is 2. The Balaban J connectivity index is 2.02. The Morgan fingerprint density at radius 3 is 3.07 bits per heavy atom. The molecule has 1 aliphatic rings. The molecule has 0 bridgehead atoms. The second-order valence-electron chi connectivity index (χ2n) is 3.76. The van der Waals surface area contributed by atoms with Gasteiger partial charge in [-0.05, 0) is 26.3 Å². The summed E-state index contributed by atoms with van der Waals surface area (Å²) in [5, 5.41) is 11.3. The van der Waals surface area contributed by atoms with Gasteiger partial charge in [-0.1, -0.05) is 6.92 Å². The summed E-state index contributed by atoms with van der Waals surface area (Å²) in [7, 11) is 0. The van der Waals surface area contributed by atoms with Crippen molar-refractivity contribution in [3.63, 3.8) is 0 Å². The molecule has 0 amide bonds. The van der Waals surface area contributed by atoms with Crippen LogP contribution < -0.4 is 5.32 Å². The van der Waals surface area contributed by atoms with Gasteiger partial charge in [-0.2, -0.15) is 0 Å². The second kappa shape index (κ2) is 4.72. The van der Waals surface area contributed by atoms with Crippen molar-refractivity contribution < 1.29 is 9.15 Å². The molecule has 5 nitrogen and oxygen atoms in total. The molecule has 2 atom stereocenters. The minimum Gasteiger partial charge on any atom is -0.421 e. The van der Waals surface area contributed by atoms with Crippen LogP contribution in [-0.4, -0.2) is 23.3 Å². The highest BCUT2D eigenvalue weighted by Gasteiger charge is 2.24. The average Bonchev–Trinajstić information content (AvgIpc) is 2.89. The Morgan fingerprint density at radius 1 is 1.53 bits per heavy atom. The SMILES string of the molecule is CCNC(C)c1nnc(C2CCCO2)o1. The molecule has 0 saturated carbocycles. The molecule has 1 aliphatic heterocycles. The monoisotopic (exact) mass is 211 g/mol. The van der Waals surface area contributed by atoms with Gasteiger partial charge < -0.3 is 14.5 Å². The molecule has 0 aromatic carbocycles. The van der Waals surface area contributed by atoms with E-state index in [0.717, 1.165) is 26.0 Å². The highest BCUT2D eigenvalue weighted by atomic mass is 16.5. The molecule has 1 aromatic rings. The van der Waals surface area contributed by atoms with Crippen molar-refractivity contribution in [2.24, 2.45) is 0 Å². The van der Waals surface area contributed by atoms with Crippen molar-refractivity contribution >= 4 is 0 Å². The smallest absolute Gasteiger partial charge is 0.245 e. The highest BCUT2D eigenvalue weighted by Crippen LogP contribution is 2.28. The van der Waals surface area contributed by atoms with Gasteiger partial charge in [0.05, 0.1) is 6.04 Å². The minimum atomic E-state index is 0.0140. The van der Waals surface area contributed by atoms with Crippen molar-refractivity contribution in [1.29, 1.82) is 0 Å². The van der Waals surface area contributed by atoms with E-state index in [1.54, 1.807) is 0 Å². The van der Waals surface area contributed by atoms with Crippen molar-refractivity contribution in [2.75, 3.05) is 13.2 Å². The number of hydrogen-bond donors (Lipinski definition) is 1. The van der Waals surface area contributed by atoms with E-state index in [1.165, 1.54) is 0 Å². The van der Waals surface area contributed by atoms with E-state index in [-0.39, 0.29) is 12.1 Å². The first-order valence-corrected chi connectivity index (χ1v) is 5.49. The fraction of sp³-hybridized carbons (Fsp3) is 0.800. The van der Waals surface area contributed by atoms with Gasteiger partial charge in [0, 0.05) is 6.61 Å². The molecule has 0 spiro atoms. The minimum absolute atomic E-state index is 0.0140. The molecule has 1 aromatic heterocycles. The maximum atomic E-state index is 5.57. The fourth-order valence-corrected chi connectivity index (χ4v) is 1.72. The third kappa shape index (κ3) is 2.35. The van der Waals surface area contributed by atoms with E-state index in [4.69, 9.17) is 9.15 Å². The summed E-state index contributed by atoms with van der Waals surface area (Å²) in [5.74, 6) is 1.26. The number of ether oxygens (including phenoxy) is 1. The van der Waals surface area contributed by atoms with Crippen molar-refractivity contribution in [3.05, 3.63) is 11.8 Å². The number of nitrogens with one attached hydrogen (secondary N) is 1. The van der Waals surface area contributed by atoms with Gasteiger partial charge in [0.1, 0.15) is 6.10 Å². The van der Waals surface area contributed by atoms with Crippen LogP contribution in [0.5, 0.6) is 0 Å². The van der Waals surface area contributed by atoms with Crippen LogP contribution in [-0.2, 0) is 4.74 Å². The lowest BCUT2D eigenvalue weighted by Gasteiger charge is -2.06. The molecule has 2 heterocycles. The van der Waals surface area contributed by atoms with Gasteiger partial charge in [0.25, 0.3) is 0 Å². The van der Waals surface area contributed by atoms with Gasteiger partial charge in [-0.15, -0.1) is 10.2 Å². The summed E-state index contributed by atoms with van der Waals surface area (Å²) >= 11 is 0.